The normalized spacial score (nSPS) is 10.8. The largest absolute Gasteiger partial charge is 0.372 e. The molecule has 0 atom stereocenters. The average Bonchev–Trinajstić information content (AvgIpc) is 2.75. The van der Waals surface area contributed by atoms with Gasteiger partial charge in [-0.25, -0.2) is 0 Å². The van der Waals surface area contributed by atoms with Crippen LogP contribution < -0.4 is 4.90 Å². The molecular weight excluding hydrogens is 232 g/mol. The molecule has 0 N–H and O–H groups in total. The number of unbranched alkanes of at least 4 members (excludes halogenated alkanes) is 1. The number of anilines is 1. The van der Waals surface area contributed by atoms with Gasteiger partial charge in [-0.2, -0.15) is 9.38 Å². The summed E-state index contributed by atoms with van der Waals surface area (Å²) in [6.45, 7) is 2.85. The van der Waals surface area contributed by atoms with Crippen molar-refractivity contribution >= 4 is 17.3 Å². The van der Waals surface area contributed by atoms with Crippen LogP contribution in [0.4, 0.5) is 11.6 Å². The molecule has 2 rings (SSSR count). The Labute approximate surface area is 105 Å². The maximum atomic E-state index is 11.2. The fourth-order valence-corrected chi connectivity index (χ4v) is 1.90. The van der Waals surface area contributed by atoms with E-state index in [0.29, 0.717) is 11.5 Å². The van der Waals surface area contributed by atoms with Gasteiger partial charge in [-0.3, -0.25) is 0 Å². The van der Waals surface area contributed by atoms with Gasteiger partial charge in [-0.05, 0) is 17.4 Å². The van der Waals surface area contributed by atoms with Gasteiger partial charge >= 0.3 is 5.82 Å². The van der Waals surface area contributed by atoms with E-state index >= 15 is 0 Å². The number of rotatable bonds is 5. The molecule has 0 saturated carbocycles. The van der Waals surface area contributed by atoms with E-state index in [4.69, 9.17) is 0 Å². The van der Waals surface area contributed by atoms with Crippen molar-refractivity contribution in [1.82, 2.24) is 9.38 Å². The number of pyridine rings is 1. The van der Waals surface area contributed by atoms with Crippen molar-refractivity contribution < 1.29 is 4.92 Å². The van der Waals surface area contributed by atoms with Crippen LogP contribution in [0.1, 0.15) is 19.8 Å². The second-order valence-electron chi connectivity index (χ2n) is 4.22. The third kappa shape index (κ3) is 2.13. The molecule has 0 aliphatic rings. The number of nitrogens with zero attached hydrogens (tertiary/aromatic N) is 4. The van der Waals surface area contributed by atoms with E-state index in [1.165, 1.54) is 4.40 Å². The molecule has 2 aromatic rings. The number of aromatic nitrogens is 2. The van der Waals surface area contributed by atoms with Crippen LogP contribution in [0.15, 0.2) is 24.4 Å². The number of imidazole rings is 1. The molecule has 2 heterocycles. The Hall–Kier alpha value is -2.11. The number of hydrogen-bond acceptors (Lipinski definition) is 4. The summed E-state index contributed by atoms with van der Waals surface area (Å²) in [6.07, 6.45) is 3.70. The highest BCUT2D eigenvalue weighted by Crippen LogP contribution is 2.27. The lowest BCUT2D eigenvalue weighted by atomic mass is 10.3. The minimum absolute atomic E-state index is 0.0317. The number of fused-ring (bicyclic) bond motifs is 1. The van der Waals surface area contributed by atoms with Crippen LogP contribution in [0.2, 0.25) is 0 Å². The minimum atomic E-state index is -0.377. The minimum Gasteiger partial charge on any atom is -0.358 e. The summed E-state index contributed by atoms with van der Waals surface area (Å²) in [5, 5.41) is 11.2. The zero-order chi connectivity index (χ0) is 13.1. The average molecular weight is 248 g/mol. The summed E-state index contributed by atoms with van der Waals surface area (Å²) in [6, 6.07) is 5.35. The summed E-state index contributed by atoms with van der Waals surface area (Å²) in [5.41, 5.74) is 0.600. The topological polar surface area (TPSA) is 63.7 Å². The first-order valence-corrected chi connectivity index (χ1v) is 5.97. The molecule has 0 saturated heterocycles. The third-order valence-electron chi connectivity index (χ3n) is 2.87. The predicted molar refractivity (Wildman–Crippen MR) is 70.0 cm³/mol. The van der Waals surface area contributed by atoms with Crippen molar-refractivity contribution in [3.05, 3.63) is 34.5 Å². The second-order valence-corrected chi connectivity index (χ2v) is 4.22. The van der Waals surface area contributed by atoms with Gasteiger partial charge in [0.2, 0.25) is 11.5 Å². The summed E-state index contributed by atoms with van der Waals surface area (Å²) < 4.78 is 1.51. The lowest BCUT2D eigenvalue weighted by Crippen LogP contribution is -2.19. The van der Waals surface area contributed by atoms with Crippen LogP contribution in [0.5, 0.6) is 0 Å². The predicted octanol–water partition coefficient (Wildman–Crippen LogP) is 2.48. The van der Waals surface area contributed by atoms with E-state index < -0.39 is 0 Å². The zero-order valence-electron chi connectivity index (χ0n) is 10.5. The standard InChI is InChI=1S/C12H16N4O2/c1-3-4-8-14(2)11-12(16(17)18)15-9-6-5-7-10(15)13-11/h5-7,9H,3-4,8H2,1-2H3. The Kier molecular flexibility index (Phi) is 3.45. The molecule has 0 amide bonds. The van der Waals surface area contributed by atoms with Gasteiger partial charge in [-0.15, -0.1) is 0 Å². The van der Waals surface area contributed by atoms with E-state index in [0.717, 1.165) is 19.4 Å². The van der Waals surface area contributed by atoms with Crippen LogP contribution in [0, 0.1) is 10.1 Å². The molecule has 0 aliphatic heterocycles. The van der Waals surface area contributed by atoms with Crippen LogP contribution in [-0.2, 0) is 0 Å². The Morgan fingerprint density at radius 2 is 2.28 bits per heavy atom. The molecule has 0 radical (unpaired) electrons. The highest BCUT2D eigenvalue weighted by molar-refractivity contribution is 5.63. The summed E-state index contributed by atoms with van der Waals surface area (Å²) in [4.78, 5) is 17.0. The van der Waals surface area contributed by atoms with Crippen molar-refractivity contribution in [3.8, 4) is 0 Å². The molecule has 2 aromatic heterocycles. The molecule has 96 valence electrons. The van der Waals surface area contributed by atoms with E-state index in [1.807, 2.05) is 18.0 Å². The first kappa shape index (κ1) is 12.3. The molecule has 0 fully saturated rings. The SMILES string of the molecule is CCCCN(C)c1nc2ccccn2c1[N+](=O)[O-]. The highest BCUT2D eigenvalue weighted by Gasteiger charge is 2.24. The van der Waals surface area contributed by atoms with Gasteiger partial charge in [0.05, 0.1) is 6.20 Å². The molecule has 0 spiro atoms. The smallest absolute Gasteiger partial charge is 0.358 e. The number of hydrogen-bond donors (Lipinski definition) is 0. The van der Waals surface area contributed by atoms with Gasteiger partial charge in [-0.1, -0.05) is 19.4 Å². The fraction of sp³-hybridized carbons (Fsp3) is 0.417. The molecule has 0 aromatic carbocycles. The first-order chi connectivity index (χ1) is 8.65. The molecule has 0 unspecified atom stereocenters. The molecule has 6 heteroatoms. The Morgan fingerprint density at radius 1 is 1.50 bits per heavy atom. The number of nitro groups is 1. The van der Waals surface area contributed by atoms with E-state index in [-0.39, 0.29) is 10.7 Å². The van der Waals surface area contributed by atoms with E-state index in [2.05, 4.69) is 11.9 Å². The summed E-state index contributed by atoms with van der Waals surface area (Å²) in [5.74, 6) is 0.462. The van der Waals surface area contributed by atoms with Crippen LogP contribution in [0.25, 0.3) is 5.65 Å². The lowest BCUT2D eigenvalue weighted by molar-refractivity contribution is -0.389. The molecule has 6 nitrogen and oxygen atoms in total. The molecule has 0 aliphatic carbocycles. The van der Waals surface area contributed by atoms with Crippen LogP contribution in [-0.4, -0.2) is 27.9 Å². The molecule has 18 heavy (non-hydrogen) atoms. The van der Waals surface area contributed by atoms with Gasteiger partial charge in [0.15, 0.2) is 0 Å². The van der Waals surface area contributed by atoms with Gasteiger partial charge in [0.25, 0.3) is 0 Å². The quantitative estimate of drug-likeness (QED) is 0.602. The van der Waals surface area contributed by atoms with Crippen LogP contribution in [0.3, 0.4) is 0 Å². The zero-order valence-corrected chi connectivity index (χ0v) is 10.5. The second kappa shape index (κ2) is 5.03. The third-order valence-corrected chi connectivity index (χ3v) is 2.87. The summed E-state index contributed by atoms with van der Waals surface area (Å²) >= 11 is 0. The maximum Gasteiger partial charge on any atom is 0.372 e. The Morgan fingerprint density at radius 3 is 2.94 bits per heavy atom. The van der Waals surface area contributed by atoms with Crippen molar-refractivity contribution in [2.24, 2.45) is 0 Å². The fourth-order valence-electron chi connectivity index (χ4n) is 1.90. The van der Waals surface area contributed by atoms with E-state index in [9.17, 15) is 10.1 Å². The van der Waals surface area contributed by atoms with Crippen molar-refractivity contribution in [3.63, 3.8) is 0 Å². The van der Waals surface area contributed by atoms with E-state index in [1.54, 1.807) is 18.3 Å². The molecular formula is C12H16N4O2. The van der Waals surface area contributed by atoms with Crippen molar-refractivity contribution in [2.75, 3.05) is 18.5 Å². The Bertz CT molecular complexity index is 564. The Balaban J connectivity index is 2.48. The van der Waals surface area contributed by atoms with Crippen molar-refractivity contribution in [2.45, 2.75) is 19.8 Å². The van der Waals surface area contributed by atoms with Gasteiger partial charge in [0.1, 0.15) is 0 Å². The van der Waals surface area contributed by atoms with Gasteiger partial charge < -0.3 is 15.0 Å². The van der Waals surface area contributed by atoms with Gasteiger partial charge in [0, 0.05) is 19.7 Å². The monoisotopic (exact) mass is 248 g/mol. The lowest BCUT2D eigenvalue weighted by Gasteiger charge is -2.14. The highest BCUT2D eigenvalue weighted by atomic mass is 16.6. The van der Waals surface area contributed by atoms with Crippen molar-refractivity contribution in [1.29, 1.82) is 0 Å². The van der Waals surface area contributed by atoms with Crippen LogP contribution >= 0.6 is 0 Å². The maximum absolute atomic E-state index is 11.2. The molecule has 0 bridgehead atoms. The summed E-state index contributed by atoms with van der Waals surface area (Å²) in [7, 11) is 1.84. The first-order valence-electron chi connectivity index (χ1n) is 5.97.